The third-order valence-electron chi connectivity index (χ3n) is 2.81. The van der Waals surface area contributed by atoms with Crippen LogP contribution in [-0.2, 0) is 21.2 Å². The van der Waals surface area contributed by atoms with Crippen molar-refractivity contribution < 1.29 is 18.3 Å². The molecular formula is C14H14N2O4S. The lowest BCUT2D eigenvalue weighted by Gasteiger charge is -2.07. The molecule has 2 rings (SSSR count). The van der Waals surface area contributed by atoms with E-state index in [9.17, 15) is 18.3 Å². The highest BCUT2D eigenvalue weighted by atomic mass is 32.2. The standard InChI is InChI=1S/C14H14N2O4S/c15-21(19,20)12-7-5-11(6-8-12)16-14(18)9-10-3-1-2-4-13(10)17/h1-8,17H,9H2,(H,16,18)(H2,15,19,20). The molecule has 7 heteroatoms. The molecule has 6 nitrogen and oxygen atoms in total. The number of carbonyl (C=O) groups excluding carboxylic acids is 1. The molecule has 0 saturated carbocycles. The SMILES string of the molecule is NS(=O)(=O)c1ccc(NC(=O)Cc2ccccc2O)cc1. The number of benzene rings is 2. The Morgan fingerprint density at radius 2 is 1.71 bits per heavy atom. The van der Waals surface area contributed by atoms with Gasteiger partial charge in [0.15, 0.2) is 0 Å². The van der Waals surface area contributed by atoms with E-state index in [1.54, 1.807) is 18.2 Å². The van der Waals surface area contributed by atoms with Crippen molar-refractivity contribution in [2.24, 2.45) is 5.14 Å². The molecule has 0 bridgehead atoms. The second-order valence-corrected chi connectivity index (χ2v) is 5.98. The lowest BCUT2D eigenvalue weighted by molar-refractivity contribution is -0.115. The van der Waals surface area contributed by atoms with Crippen molar-refractivity contribution in [2.75, 3.05) is 5.32 Å². The fourth-order valence-electron chi connectivity index (χ4n) is 1.77. The molecule has 0 aliphatic carbocycles. The maximum atomic E-state index is 11.9. The summed E-state index contributed by atoms with van der Waals surface area (Å²) in [6.07, 6.45) is 0.0175. The van der Waals surface area contributed by atoms with Crippen molar-refractivity contribution in [1.82, 2.24) is 0 Å². The first-order valence-corrected chi connectivity index (χ1v) is 7.60. The van der Waals surface area contributed by atoms with Crippen molar-refractivity contribution in [2.45, 2.75) is 11.3 Å². The summed E-state index contributed by atoms with van der Waals surface area (Å²) < 4.78 is 22.2. The number of hydrogen-bond donors (Lipinski definition) is 3. The van der Waals surface area contributed by atoms with E-state index in [0.29, 0.717) is 11.3 Å². The summed E-state index contributed by atoms with van der Waals surface area (Å²) in [5, 5.41) is 17.2. The van der Waals surface area contributed by atoms with E-state index in [1.807, 2.05) is 0 Å². The molecule has 0 atom stereocenters. The Bertz CT molecular complexity index is 755. The number of phenolic OH excluding ortho intramolecular Hbond substituents is 1. The van der Waals surface area contributed by atoms with Crippen LogP contribution in [0.5, 0.6) is 5.75 Å². The van der Waals surface area contributed by atoms with Crippen molar-refractivity contribution in [3.8, 4) is 5.75 Å². The number of nitrogens with two attached hydrogens (primary N) is 1. The van der Waals surface area contributed by atoms with Gasteiger partial charge in [0.05, 0.1) is 11.3 Å². The zero-order valence-electron chi connectivity index (χ0n) is 11.0. The molecule has 0 aliphatic rings. The van der Waals surface area contributed by atoms with Gasteiger partial charge in [0, 0.05) is 11.3 Å². The molecule has 0 aliphatic heterocycles. The highest BCUT2D eigenvalue weighted by Gasteiger charge is 2.09. The normalized spacial score (nSPS) is 11.1. The lowest BCUT2D eigenvalue weighted by Crippen LogP contribution is -2.15. The van der Waals surface area contributed by atoms with Crippen LogP contribution in [-0.4, -0.2) is 19.4 Å². The van der Waals surface area contributed by atoms with Gasteiger partial charge in [0.2, 0.25) is 15.9 Å². The zero-order chi connectivity index (χ0) is 15.5. The number of para-hydroxylation sites is 1. The molecule has 110 valence electrons. The van der Waals surface area contributed by atoms with Gasteiger partial charge in [0.1, 0.15) is 5.75 Å². The molecule has 0 spiro atoms. The second kappa shape index (κ2) is 5.94. The maximum Gasteiger partial charge on any atom is 0.238 e. The largest absolute Gasteiger partial charge is 0.508 e. The van der Waals surface area contributed by atoms with Gasteiger partial charge < -0.3 is 10.4 Å². The minimum atomic E-state index is -3.75. The predicted molar refractivity (Wildman–Crippen MR) is 78.3 cm³/mol. The van der Waals surface area contributed by atoms with E-state index in [4.69, 9.17) is 5.14 Å². The molecule has 0 fully saturated rings. The average molecular weight is 306 g/mol. The van der Waals surface area contributed by atoms with Crippen LogP contribution >= 0.6 is 0 Å². The van der Waals surface area contributed by atoms with Gasteiger partial charge in [0.25, 0.3) is 0 Å². The summed E-state index contributed by atoms with van der Waals surface area (Å²) in [6.45, 7) is 0. The lowest BCUT2D eigenvalue weighted by atomic mass is 10.1. The van der Waals surface area contributed by atoms with Crippen LogP contribution in [0, 0.1) is 0 Å². The van der Waals surface area contributed by atoms with Crippen molar-refractivity contribution >= 4 is 21.6 Å². The van der Waals surface area contributed by atoms with Gasteiger partial charge in [-0.25, -0.2) is 13.6 Å². The first-order chi connectivity index (χ1) is 9.86. The molecule has 2 aromatic carbocycles. The van der Waals surface area contributed by atoms with Gasteiger partial charge in [-0.1, -0.05) is 18.2 Å². The minimum absolute atomic E-state index is 0.0175. The number of sulfonamides is 1. The number of aromatic hydroxyl groups is 1. The maximum absolute atomic E-state index is 11.9. The molecule has 4 N–H and O–H groups in total. The third-order valence-corrected chi connectivity index (χ3v) is 3.74. The van der Waals surface area contributed by atoms with E-state index in [0.717, 1.165) is 0 Å². The molecule has 0 heterocycles. The smallest absolute Gasteiger partial charge is 0.238 e. The number of carbonyl (C=O) groups is 1. The van der Waals surface area contributed by atoms with Crippen molar-refractivity contribution in [3.63, 3.8) is 0 Å². The highest BCUT2D eigenvalue weighted by Crippen LogP contribution is 2.17. The molecular weight excluding hydrogens is 292 g/mol. The zero-order valence-corrected chi connectivity index (χ0v) is 11.8. The van der Waals surface area contributed by atoms with E-state index in [-0.39, 0.29) is 23.0 Å². The number of hydrogen-bond acceptors (Lipinski definition) is 4. The summed E-state index contributed by atoms with van der Waals surface area (Å²) in [5.74, 6) is -0.267. The van der Waals surface area contributed by atoms with Crippen LogP contribution < -0.4 is 10.5 Å². The number of phenols is 1. The number of primary sulfonamides is 1. The molecule has 2 aromatic rings. The Morgan fingerprint density at radius 1 is 1.10 bits per heavy atom. The van der Waals surface area contributed by atoms with E-state index >= 15 is 0 Å². The number of rotatable bonds is 4. The van der Waals surface area contributed by atoms with Crippen LogP contribution in [0.25, 0.3) is 0 Å². The molecule has 21 heavy (non-hydrogen) atoms. The third kappa shape index (κ3) is 4.04. The summed E-state index contributed by atoms with van der Waals surface area (Å²) in [5.41, 5.74) is 0.957. The van der Waals surface area contributed by atoms with Crippen LogP contribution in [0.1, 0.15) is 5.56 Å². The monoisotopic (exact) mass is 306 g/mol. The molecule has 0 saturated heterocycles. The number of nitrogens with one attached hydrogen (secondary N) is 1. The van der Waals surface area contributed by atoms with Gasteiger partial charge >= 0.3 is 0 Å². The van der Waals surface area contributed by atoms with Gasteiger partial charge in [-0.3, -0.25) is 4.79 Å². The van der Waals surface area contributed by atoms with Crippen LogP contribution in [0.15, 0.2) is 53.4 Å². The number of amides is 1. The number of anilines is 1. The Kier molecular flexibility index (Phi) is 4.25. The van der Waals surface area contributed by atoms with Gasteiger partial charge in [-0.05, 0) is 30.3 Å². The fourth-order valence-corrected chi connectivity index (χ4v) is 2.28. The summed E-state index contributed by atoms with van der Waals surface area (Å²) >= 11 is 0. The molecule has 0 unspecified atom stereocenters. The molecule has 0 aromatic heterocycles. The van der Waals surface area contributed by atoms with Crippen molar-refractivity contribution in [3.05, 3.63) is 54.1 Å². The Labute approximate surface area is 122 Å². The summed E-state index contributed by atoms with van der Waals surface area (Å²) in [7, 11) is -3.75. The van der Waals surface area contributed by atoms with Gasteiger partial charge in [-0.15, -0.1) is 0 Å². The Morgan fingerprint density at radius 3 is 2.29 bits per heavy atom. The van der Waals surface area contributed by atoms with Crippen LogP contribution in [0.2, 0.25) is 0 Å². The molecule has 0 radical (unpaired) electrons. The fraction of sp³-hybridized carbons (Fsp3) is 0.0714. The quantitative estimate of drug-likeness (QED) is 0.789. The van der Waals surface area contributed by atoms with Crippen LogP contribution in [0.4, 0.5) is 5.69 Å². The Balaban J connectivity index is 2.05. The highest BCUT2D eigenvalue weighted by molar-refractivity contribution is 7.89. The second-order valence-electron chi connectivity index (χ2n) is 4.42. The Hall–Kier alpha value is -2.38. The van der Waals surface area contributed by atoms with Crippen molar-refractivity contribution in [1.29, 1.82) is 0 Å². The summed E-state index contributed by atoms with van der Waals surface area (Å²) in [6, 6.07) is 12.1. The first-order valence-electron chi connectivity index (χ1n) is 6.06. The topological polar surface area (TPSA) is 109 Å². The minimum Gasteiger partial charge on any atom is -0.508 e. The average Bonchev–Trinajstić information content (AvgIpc) is 2.41. The summed E-state index contributed by atoms with van der Waals surface area (Å²) in [4.78, 5) is 11.8. The van der Waals surface area contributed by atoms with E-state index in [1.165, 1.54) is 30.3 Å². The van der Waals surface area contributed by atoms with Crippen LogP contribution in [0.3, 0.4) is 0 Å². The van der Waals surface area contributed by atoms with Gasteiger partial charge in [-0.2, -0.15) is 0 Å². The first kappa shape index (κ1) is 15.0. The molecule has 1 amide bonds. The predicted octanol–water partition coefficient (Wildman–Crippen LogP) is 1.22. The van der Waals surface area contributed by atoms with E-state index < -0.39 is 10.0 Å². The van der Waals surface area contributed by atoms with E-state index in [2.05, 4.69) is 5.32 Å².